The van der Waals surface area contributed by atoms with Gasteiger partial charge in [-0.15, -0.1) is 5.10 Å². The standard InChI is InChI=1S/C23H27N5OS/c30-23-27(18-25-15-16-29-21-12-6-5-9-19(21)17-25)24-22(26-13-7-2-8-14-26)28(23)20-10-3-1-4-11-20/h1,3-6,9-12H,2,7-8,13-18H2. The van der Waals surface area contributed by atoms with Gasteiger partial charge in [-0.25, -0.2) is 4.68 Å². The maximum absolute atomic E-state index is 5.93. The van der Waals surface area contributed by atoms with Crippen molar-refractivity contribution in [3.63, 3.8) is 0 Å². The minimum Gasteiger partial charge on any atom is -0.492 e. The van der Waals surface area contributed by atoms with E-state index in [-0.39, 0.29) is 0 Å². The fourth-order valence-corrected chi connectivity index (χ4v) is 4.57. The Morgan fingerprint density at radius 3 is 2.50 bits per heavy atom. The number of para-hydroxylation sites is 2. The predicted octanol–water partition coefficient (Wildman–Crippen LogP) is 4.25. The normalized spacial score (nSPS) is 17.3. The summed E-state index contributed by atoms with van der Waals surface area (Å²) in [6.45, 7) is 5.05. The molecule has 2 aliphatic heterocycles. The van der Waals surface area contributed by atoms with Gasteiger partial charge in [0.05, 0.1) is 12.4 Å². The Hall–Kier alpha value is -2.64. The van der Waals surface area contributed by atoms with E-state index in [0.717, 1.165) is 48.3 Å². The summed E-state index contributed by atoms with van der Waals surface area (Å²) in [6, 6.07) is 18.6. The summed E-state index contributed by atoms with van der Waals surface area (Å²) >= 11 is 5.92. The lowest BCUT2D eigenvalue weighted by Gasteiger charge is -2.27. The molecule has 0 spiro atoms. The highest BCUT2D eigenvalue weighted by atomic mass is 32.1. The third-order valence-electron chi connectivity index (χ3n) is 5.84. The molecule has 1 aromatic heterocycles. The van der Waals surface area contributed by atoms with Crippen LogP contribution in [0, 0.1) is 4.77 Å². The Morgan fingerprint density at radius 2 is 1.67 bits per heavy atom. The van der Waals surface area contributed by atoms with Gasteiger partial charge in [0, 0.05) is 31.7 Å². The molecule has 0 saturated carbocycles. The average molecular weight is 422 g/mol. The number of fused-ring (bicyclic) bond motifs is 1. The Morgan fingerprint density at radius 1 is 0.900 bits per heavy atom. The van der Waals surface area contributed by atoms with E-state index in [2.05, 4.69) is 50.8 Å². The Kier molecular flexibility index (Phi) is 5.55. The lowest BCUT2D eigenvalue weighted by molar-refractivity contribution is 0.177. The zero-order valence-corrected chi connectivity index (χ0v) is 17.9. The van der Waals surface area contributed by atoms with Crippen LogP contribution in [0.4, 0.5) is 5.95 Å². The van der Waals surface area contributed by atoms with Gasteiger partial charge in [0.1, 0.15) is 12.4 Å². The van der Waals surface area contributed by atoms with Gasteiger partial charge >= 0.3 is 0 Å². The van der Waals surface area contributed by atoms with E-state index in [1.54, 1.807) is 0 Å². The second kappa shape index (κ2) is 8.62. The van der Waals surface area contributed by atoms with Crippen LogP contribution in [0.15, 0.2) is 54.6 Å². The molecule has 156 valence electrons. The summed E-state index contributed by atoms with van der Waals surface area (Å²) in [7, 11) is 0. The van der Waals surface area contributed by atoms with E-state index in [4.69, 9.17) is 22.1 Å². The molecule has 0 N–H and O–H groups in total. The van der Waals surface area contributed by atoms with Gasteiger partial charge in [-0.1, -0.05) is 36.4 Å². The van der Waals surface area contributed by atoms with Crippen molar-refractivity contribution < 1.29 is 4.74 Å². The SMILES string of the molecule is S=c1n(CN2CCOc3ccccc3C2)nc(N2CCCCC2)n1-c1ccccc1. The highest BCUT2D eigenvalue weighted by Gasteiger charge is 2.22. The van der Waals surface area contributed by atoms with Gasteiger partial charge in [0.2, 0.25) is 10.7 Å². The molecule has 30 heavy (non-hydrogen) atoms. The molecule has 0 atom stereocenters. The van der Waals surface area contributed by atoms with Gasteiger partial charge in [-0.2, -0.15) is 0 Å². The third kappa shape index (κ3) is 3.87. The number of benzene rings is 2. The van der Waals surface area contributed by atoms with Crippen molar-refractivity contribution in [2.45, 2.75) is 32.5 Å². The summed E-state index contributed by atoms with van der Waals surface area (Å²) in [5, 5.41) is 5.01. The Balaban J connectivity index is 1.48. The molecule has 0 unspecified atom stereocenters. The number of rotatable bonds is 4. The number of piperidine rings is 1. The molecule has 2 aliphatic rings. The average Bonchev–Trinajstić information content (AvgIpc) is 2.98. The maximum atomic E-state index is 5.93. The van der Waals surface area contributed by atoms with Crippen LogP contribution in [0.25, 0.3) is 5.69 Å². The Labute approximate surface area is 182 Å². The van der Waals surface area contributed by atoms with Gasteiger partial charge in [0.15, 0.2) is 0 Å². The molecule has 2 aromatic carbocycles. The molecule has 1 saturated heterocycles. The summed E-state index contributed by atoms with van der Waals surface area (Å²) in [5.41, 5.74) is 2.28. The highest BCUT2D eigenvalue weighted by Crippen LogP contribution is 2.25. The fraction of sp³-hybridized carbons (Fsp3) is 0.391. The van der Waals surface area contributed by atoms with Gasteiger partial charge in [-0.05, 0) is 49.7 Å². The van der Waals surface area contributed by atoms with E-state index in [9.17, 15) is 0 Å². The van der Waals surface area contributed by atoms with Crippen molar-refractivity contribution in [3.8, 4) is 11.4 Å². The van der Waals surface area contributed by atoms with E-state index in [1.165, 1.54) is 24.8 Å². The molecule has 0 amide bonds. The number of hydrogen-bond donors (Lipinski definition) is 0. The predicted molar refractivity (Wildman–Crippen MR) is 121 cm³/mol. The monoisotopic (exact) mass is 421 g/mol. The second-order valence-electron chi connectivity index (χ2n) is 7.95. The molecule has 3 heterocycles. The minimum atomic E-state index is 0.650. The fourth-order valence-electron chi connectivity index (χ4n) is 4.28. The van der Waals surface area contributed by atoms with Crippen molar-refractivity contribution in [1.82, 2.24) is 19.2 Å². The molecular weight excluding hydrogens is 394 g/mol. The summed E-state index contributed by atoms with van der Waals surface area (Å²) in [6.07, 6.45) is 3.69. The molecule has 0 radical (unpaired) electrons. The minimum absolute atomic E-state index is 0.650. The number of ether oxygens (including phenoxy) is 1. The van der Waals surface area contributed by atoms with Crippen LogP contribution in [0.5, 0.6) is 5.75 Å². The molecule has 1 fully saturated rings. The van der Waals surface area contributed by atoms with E-state index < -0.39 is 0 Å². The summed E-state index contributed by atoms with van der Waals surface area (Å²) in [4.78, 5) is 4.73. The largest absolute Gasteiger partial charge is 0.492 e. The molecule has 5 rings (SSSR count). The van der Waals surface area contributed by atoms with Crippen molar-refractivity contribution in [2.24, 2.45) is 0 Å². The number of hydrogen-bond acceptors (Lipinski definition) is 5. The number of aromatic nitrogens is 3. The molecule has 0 bridgehead atoms. The van der Waals surface area contributed by atoms with E-state index >= 15 is 0 Å². The topological polar surface area (TPSA) is 38.5 Å². The van der Waals surface area contributed by atoms with Crippen LogP contribution in [-0.2, 0) is 13.2 Å². The smallest absolute Gasteiger partial charge is 0.230 e. The Bertz CT molecular complexity index is 1050. The summed E-state index contributed by atoms with van der Waals surface area (Å²) < 4.78 is 10.8. The van der Waals surface area contributed by atoms with Crippen LogP contribution < -0.4 is 9.64 Å². The molecular formula is C23H27N5OS. The van der Waals surface area contributed by atoms with Crippen LogP contribution in [-0.4, -0.2) is 45.5 Å². The molecule has 3 aromatic rings. The van der Waals surface area contributed by atoms with Crippen molar-refractivity contribution in [3.05, 3.63) is 64.9 Å². The van der Waals surface area contributed by atoms with Gasteiger partial charge < -0.3 is 9.64 Å². The first-order valence-corrected chi connectivity index (χ1v) is 11.1. The van der Waals surface area contributed by atoms with E-state index in [1.807, 2.05) is 22.9 Å². The van der Waals surface area contributed by atoms with Crippen LogP contribution in [0.1, 0.15) is 24.8 Å². The maximum Gasteiger partial charge on any atom is 0.230 e. The molecule has 7 heteroatoms. The zero-order chi connectivity index (χ0) is 20.3. The molecule has 6 nitrogen and oxygen atoms in total. The third-order valence-corrected chi connectivity index (χ3v) is 6.23. The van der Waals surface area contributed by atoms with Crippen LogP contribution in [0.3, 0.4) is 0 Å². The highest BCUT2D eigenvalue weighted by molar-refractivity contribution is 7.71. The molecule has 0 aliphatic carbocycles. The zero-order valence-electron chi connectivity index (χ0n) is 17.1. The van der Waals surface area contributed by atoms with E-state index in [0.29, 0.717) is 13.3 Å². The van der Waals surface area contributed by atoms with Crippen LogP contribution >= 0.6 is 12.2 Å². The van der Waals surface area contributed by atoms with Gasteiger partial charge in [0.25, 0.3) is 0 Å². The second-order valence-corrected chi connectivity index (χ2v) is 8.32. The van der Waals surface area contributed by atoms with Crippen molar-refractivity contribution >= 4 is 18.2 Å². The van der Waals surface area contributed by atoms with Crippen LogP contribution in [0.2, 0.25) is 0 Å². The lowest BCUT2D eigenvalue weighted by Crippen LogP contribution is -2.32. The van der Waals surface area contributed by atoms with Crippen molar-refractivity contribution in [1.29, 1.82) is 0 Å². The number of anilines is 1. The first-order valence-electron chi connectivity index (χ1n) is 10.7. The summed E-state index contributed by atoms with van der Waals surface area (Å²) in [5.74, 6) is 1.93. The quantitative estimate of drug-likeness (QED) is 0.589. The number of nitrogens with zero attached hydrogens (tertiary/aromatic N) is 5. The first kappa shape index (κ1) is 19.3. The first-order chi connectivity index (χ1) is 14.8. The van der Waals surface area contributed by atoms with Gasteiger partial charge in [-0.3, -0.25) is 9.47 Å². The van der Waals surface area contributed by atoms with Crippen molar-refractivity contribution in [2.75, 3.05) is 31.1 Å². The lowest BCUT2D eigenvalue weighted by atomic mass is 10.1.